The van der Waals surface area contributed by atoms with Crippen molar-refractivity contribution in [2.45, 2.75) is 37.6 Å². The summed E-state index contributed by atoms with van der Waals surface area (Å²) in [6.45, 7) is 1.14. The SMILES string of the molecule is [c]1ccc2c(c1)CCNC21CCCC1. The van der Waals surface area contributed by atoms with Crippen LogP contribution in [0.4, 0.5) is 0 Å². The molecule has 0 amide bonds. The van der Waals surface area contributed by atoms with E-state index in [-0.39, 0.29) is 0 Å². The third-order valence-electron chi connectivity index (χ3n) is 3.78. The molecule has 1 spiro atoms. The average molecular weight is 186 g/mol. The second kappa shape index (κ2) is 3.09. The Labute approximate surface area is 85.5 Å². The second-order valence-corrected chi connectivity index (χ2v) is 4.55. The predicted molar refractivity (Wildman–Crippen MR) is 57.1 cm³/mol. The van der Waals surface area contributed by atoms with E-state index in [1.165, 1.54) is 37.7 Å². The highest BCUT2D eigenvalue weighted by Crippen LogP contribution is 2.41. The molecule has 1 heteroatoms. The van der Waals surface area contributed by atoms with Crippen LogP contribution in [0.5, 0.6) is 0 Å². The monoisotopic (exact) mass is 186 g/mol. The highest BCUT2D eigenvalue weighted by molar-refractivity contribution is 5.36. The van der Waals surface area contributed by atoms with Crippen LogP contribution in [0, 0.1) is 6.07 Å². The van der Waals surface area contributed by atoms with E-state index in [0.717, 1.165) is 6.54 Å². The van der Waals surface area contributed by atoms with Crippen molar-refractivity contribution in [3.05, 3.63) is 35.4 Å². The van der Waals surface area contributed by atoms with Gasteiger partial charge in [-0.05, 0) is 36.5 Å². The zero-order valence-electron chi connectivity index (χ0n) is 8.47. The Bertz CT molecular complexity index is 337. The van der Waals surface area contributed by atoms with Gasteiger partial charge in [0, 0.05) is 12.1 Å². The first-order valence-corrected chi connectivity index (χ1v) is 5.65. The van der Waals surface area contributed by atoms with Crippen LogP contribution in [0.15, 0.2) is 18.2 Å². The first kappa shape index (κ1) is 8.49. The van der Waals surface area contributed by atoms with Crippen LogP contribution in [0.2, 0.25) is 0 Å². The summed E-state index contributed by atoms with van der Waals surface area (Å²) in [5, 5.41) is 3.74. The summed E-state index contributed by atoms with van der Waals surface area (Å²) in [4.78, 5) is 0. The molecule has 1 fully saturated rings. The number of fused-ring (bicyclic) bond motifs is 2. The lowest BCUT2D eigenvalue weighted by atomic mass is 9.81. The summed E-state index contributed by atoms with van der Waals surface area (Å²) in [6.07, 6.45) is 6.58. The molecule has 1 aromatic rings. The third kappa shape index (κ3) is 1.12. The Morgan fingerprint density at radius 1 is 1.29 bits per heavy atom. The van der Waals surface area contributed by atoms with E-state index < -0.39 is 0 Å². The standard InChI is InChI=1S/C13H16N/c1-2-6-12-11(5-1)7-10-14-13(12)8-3-4-9-13/h2,5-6,14H,3-4,7-10H2. The molecule has 3 rings (SSSR count). The van der Waals surface area contributed by atoms with E-state index in [2.05, 4.69) is 29.6 Å². The molecule has 1 saturated carbocycles. The molecule has 0 unspecified atom stereocenters. The van der Waals surface area contributed by atoms with Crippen LogP contribution in [0.25, 0.3) is 0 Å². The van der Waals surface area contributed by atoms with Gasteiger partial charge in [-0.1, -0.05) is 31.0 Å². The van der Waals surface area contributed by atoms with Gasteiger partial charge in [0.15, 0.2) is 0 Å². The zero-order valence-corrected chi connectivity index (χ0v) is 8.47. The van der Waals surface area contributed by atoms with Gasteiger partial charge in [0.2, 0.25) is 0 Å². The average Bonchev–Trinajstić information content (AvgIpc) is 2.68. The molecule has 1 N–H and O–H groups in total. The number of rotatable bonds is 0. The maximum Gasteiger partial charge on any atom is 0.0437 e. The molecule has 1 aliphatic heterocycles. The fourth-order valence-electron chi connectivity index (χ4n) is 3.09. The summed E-state index contributed by atoms with van der Waals surface area (Å²) in [6, 6.07) is 9.71. The lowest BCUT2D eigenvalue weighted by molar-refractivity contribution is 0.324. The molecular formula is C13H16N. The van der Waals surface area contributed by atoms with Crippen molar-refractivity contribution < 1.29 is 0 Å². The van der Waals surface area contributed by atoms with Crippen molar-refractivity contribution in [1.82, 2.24) is 5.32 Å². The molecule has 0 atom stereocenters. The van der Waals surface area contributed by atoms with Gasteiger partial charge in [0.05, 0.1) is 0 Å². The summed E-state index contributed by atoms with van der Waals surface area (Å²) in [5.41, 5.74) is 3.41. The van der Waals surface area contributed by atoms with Crippen LogP contribution in [-0.4, -0.2) is 6.54 Å². The van der Waals surface area contributed by atoms with Gasteiger partial charge < -0.3 is 5.32 Å². The van der Waals surface area contributed by atoms with E-state index in [9.17, 15) is 0 Å². The van der Waals surface area contributed by atoms with Crippen molar-refractivity contribution in [2.24, 2.45) is 0 Å². The highest BCUT2D eigenvalue weighted by Gasteiger charge is 2.38. The van der Waals surface area contributed by atoms with Crippen LogP contribution in [-0.2, 0) is 12.0 Å². The van der Waals surface area contributed by atoms with Crippen LogP contribution in [0.1, 0.15) is 36.8 Å². The molecule has 1 nitrogen and oxygen atoms in total. The van der Waals surface area contributed by atoms with E-state index in [1.807, 2.05) is 0 Å². The number of hydrogen-bond donors (Lipinski definition) is 1. The van der Waals surface area contributed by atoms with E-state index in [0.29, 0.717) is 5.54 Å². The quantitative estimate of drug-likeness (QED) is 0.656. The minimum atomic E-state index is 0.336. The highest BCUT2D eigenvalue weighted by atomic mass is 15.0. The minimum Gasteiger partial charge on any atom is -0.307 e. The number of nitrogens with one attached hydrogen (secondary N) is 1. The fraction of sp³-hybridized carbons (Fsp3) is 0.538. The Balaban J connectivity index is 2.10. The maximum absolute atomic E-state index is 3.74. The van der Waals surface area contributed by atoms with E-state index in [4.69, 9.17) is 0 Å². The van der Waals surface area contributed by atoms with Gasteiger partial charge in [0.1, 0.15) is 0 Å². The van der Waals surface area contributed by atoms with Crippen LogP contribution in [0.3, 0.4) is 0 Å². The molecule has 0 aromatic heterocycles. The lowest BCUT2D eigenvalue weighted by Crippen LogP contribution is -2.45. The molecule has 14 heavy (non-hydrogen) atoms. The van der Waals surface area contributed by atoms with Crippen LogP contribution < -0.4 is 5.32 Å². The molecule has 73 valence electrons. The van der Waals surface area contributed by atoms with Gasteiger partial charge in [-0.2, -0.15) is 0 Å². The third-order valence-corrected chi connectivity index (χ3v) is 3.78. The normalized spacial score (nSPS) is 23.7. The molecular weight excluding hydrogens is 170 g/mol. The lowest BCUT2D eigenvalue weighted by Gasteiger charge is -2.37. The van der Waals surface area contributed by atoms with Gasteiger partial charge in [-0.15, -0.1) is 0 Å². The fourth-order valence-corrected chi connectivity index (χ4v) is 3.09. The molecule has 1 aliphatic carbocycles. The topological polar surface area (TPSA) is 12.0 Å². The van der Waals surface area contributed by atoms with Gasteiger partial charge >= 0.3 is 0 Å². The molecule has 1 radical (unpaired) electrons. The molecule has 0 saturated heterocycles. The Morgan fingerprint density at radius 2 is 2.14 bits per heavy atom. The number of benzene rings is 1. The van der Waals surface area contributed by atoms with Crippen molar-refractivity contribution in [3.63, 3.8) is 0 Å². The van der Waals surface area contributed by atoms with Gasteiger partial charge in [-0.25, -0.2) is 0 Å². The van der Waals surface area contributed by atoms with Gasteiger partial charge in [0.25, 0.3) is 0 Å². The summed E-state index contributed by atoms with van der Waals surface area (Å²) in [7, 11) is 0. The molecule has 1 heterocycles. The zero-order chi connectivity index (χ0) is 9.43. The second-order valence-electron chi connectivity index (χ2n) is 4.55. The predicted octanol–water partition coefficient (Wildman–Crippen LogP) is 2.40. The van der Waals surface area contributed by atoms with Crippen molar-refractivity contribution >= 4 is 0 Å². The van der Waals surface area contributed by atoms with E-state index in [1.54, 1.807) is 5.56 Å². The summed E-state index contributed by atoms with van der Waals surface area (Å²) in [5.74, 6) is 0. The van der Waals surface area contributed by atoms with E-state index >= 15 is 0 Å². The van der Waals surface area contributed by atoms with Crippen molar-refractivity contribution in [2.75, 3.05) is 6.54 Å². The Morgan fingerprint density at radius 3 is 3.00 bits per heavy atom. The van der Waals surface area contributed by atoms with Crippen LogP contribution >= 0.6 is 0 Å². The first-order chi connectivity index (χ1) is 6.91. The Hall–Kier alpha value is -0.820. The molecule has 0 bridgehead atoms. The largest absolute Gasteiger partial charge is 0.307 e. The molecule has 1 aromatic carbocycles. The van der Waals surface area contributed by atoms with Crippen molar-refractivity contribution in [1.29, 1.82) is 0 Å². The Kier molecular flexibility index (Phi) is 1.88. The first-order valence-electron chi connectivity index (χ1n) is 5.65. The van der Waals surface area contributed by atoms with Gasteiger partial charge in [-0.3, -0.25) is 0 Å². The maximum atomic E-state index is 3.74. The minimum absolute atomic E-state index is 0.336. The summed E-state index contributed by atoms with van der Waals surface area (Å²) >= 11 is 0. The molecule has 2 aliphatic rings. The number of hydrogen-bond acceptors (Lipinski definition) is 1. The van der Waals surface area contributed by atoms with Crippen molar-refractivity contribution in [3.8, 4) is 0 Å². The summed E-state index contributed by atoms with van der Waals surface area (Å²) < 4.78 is 0. The smallest absolute Gasteiger partial charge is 0.0437 e.